The zero-order valence-corrected chi connectivity index (χ0v) is 7.37. The maximum atomic E-state index is 10.6. The van der Waals surface area contributed by atoms with Gasteiger partial charge in [0.05, 0.1) is 12.7 Å². The Balaban J connectivity index is 3.10. The molecule has 1 rings (SSSR count). The summed E-state index contributed by atoms with van der Waals surface area (Å²) in [5, 5.41) is 15.0. The first kappa shape index (κ1) is 9.53. The van der Waals surface area contributed by atoms with E-state index < -0.39 is 12.0 Å². The topological polar surface area (TPSA) is 101 Å². The Morgan fingerprint density at radius 1 is 1.77 bits per heavy atom. The predicted molar refractivity (Wildman–Crippen MR) is 44.4 cm³/mol. The Morgan fingerprint density at radius 2 is 2.38 bits per heavy atom. The van der Waals surface area contributed by atoms with Gasteiger partial charge in [0.15, 0.2) is 0 Å². The van der Waals surface area contributed by atoms with Crippen molar-refractivity contribution in [1.82, 2.24) is 10.2 Å². The highest BCUT2D eigenvalue weighted by Crippen LogP contribution is 2.24. The molecule has 1 aromatic heterocycles. The average molecular weight is 185 g/mol. The van der Waals surface area contributed by atoms with Crippen molar-refractivity contribution in [1.29, 1.82) is 0 Å². The molecule has 1 aromatic rings. The van der Waals surface area contributed by atoms with E-state index in [-0.39, 0.29) is 5.88 Å². The quantitative estimate of drug-likeness (QED) is 0.605. The number of hydrogen-bond acceptors (Lipinski definition) is 4. The molecule has 0 radical (unpaired) electrons. The normalized spacial score (nSPS) is 12.5. The highest BCUT2D eigenvalue weighted by atomic mass is 16.5. The first-order chi connectivity index (χ1) is 6.07. The number of carboxylic acid groups (broad SMARTS) is 1. The Bertz CT molecular complexity index is 321. The molecular formula is C7H11N3O3. The van der Waals surface area contributed by atoms with Crippen LogP contribution in [-0.2, 0) is 4.79 Å². The second-order valence-electron chi connectivity index (χ2n) is 2.59. The van der Waals surface area contributed by atoms with Crippen LogP contribution in [0.4, 0.5) is 0 Å². The number of carbonyl (C=O) groups is 1. The van der Waals surface area contributed by atoms with Crippen molar-refractivity contribution in [3.8, 4) is 5.88 Å². The van der Waals surface area contributed by atoms with Crippen molar-refractivity contribution in [3.05, 3.63) is 11.3 Å². The number of nitrogens with two attached hydrogens (primary N) is 1. The second kappa shape index (κ2) is 3.44. The molecule has 0 spiro atoms. The highest BCUT2D eigenvalue weighted by Gasteiger charge is 2.23. The fourth-order valence-electron chi connectivity index (χ4n) is 1.06. The van der Waals surface area contributed by atoms with Gasteiger partial charge in [0, 0.05) is 5.69 Å². The molecule has 0 aliphatic rings. The Kier molecular flexibility index (Phi) is 2.52. The second-order valence-corrected chi connectivity index (χ2v) is 2.59. The van der Waals surface area contributed by atoms with E-state index in [9.17, 15) is 4.79 Å². The third kappa shape index (κ3) is 1.62. The van der Waals surface area contributed by atoms with Gasteiger partial charge in [-0.3, -0.25) is 9.89 Å². The van der Waals surface area contributed by atoms with Crippen LogP contribution < -0.4 is 10.5 Å². The van der Waals surface area contributed by atoms with E-state index in [2.05, 4.69) is 10.2 Å². The first-order valence-electron chi connectivity index (χ1n) is 3.65. The van der Waals surface area contributed by atoms with Crippen molar-refractivity contribution >= 4 is 5.97 Å². The van der Waals surface area contributed by atoms with E-state index in [0.717, 1.165) is 0 Å². The third-order valence-corrected chi connectivity index (χ3v) is 1.73. The fourth-order valence-corrected chi connectivity index (χ4v) is 1.06. The predicted octanol–water partition coefficient (Wildman–Crippen LogP) is -0.189. The number of aliphatic carboxylic acids is 1. The van der Waals surface area contributed by atoms with Crippen molar-refractivity contribution < 1.29 is 14.6 Å². The number of carboxylic acids is 1. The summed E-state index contributed by atoms with van der Waals surface area (Å²) in [5.74, 6) is -0.879. The van der Waals surface area contributed by atoms with Crippen molar-refractivity contribution in [2.75, 3.05) is 7.11 Å². The van der Waals surface area contributed by atoms with Gasteiger partial charge in [0.2, 0.25) is 5.88 Å². The molecular weight excluding hydrogens is 174 g/mol. The molecule has 72 valence electrons. The van der Waals surface area contributed by atoms with Crippen LogP contribution in [0.5, 0.6) is 5.88 Å². The first-order valence-corrected chi connectivity index (χ1v) is 3.65. The van der Waals surface area contributed by atoms with Crippen LogP contribution in [0.25, 0.3) is 0 Å². The molecule has 4 N–H and O–H groups in total. The average Bonchev–Trinajstić information content (AvgIpc) is 2.45. The van der Waals surface area contributed by atoms with Gasteiger partial charge in [0.1, 0.15) is 6.04 Å². The monoisotopic (exact) mass is 185 g/mol. The lowest BCUT2D eigenvalue weighted by Crippen LogP contribution is -2.21. The zero-order chi connectivity index (χ0) is 10.0. The number of H-pyrrole nitrogens is 1. The van der Waals surface area contributed by atoms with Gasteiger partial charge in [-0.2, -0.15) is 0 Å². The molecule has 0 amide bonds. The van der Waals surface area contributed by atoms with Crippen LogP contribution in [0.3, 0.4) is 0 Å². The van der Waals surface area contributed by atoms with Gasteiger partial charge in [-0.1, -0.05) is 0 Å². The summed E-state index contributed by atoms with van der Waals surface area (Å²) in [6.45, 7) is 1.69. The lowest BCUT2D eigenvalue weighted by atomic mass is 10.1. The molecule has 0 fully saturated rings. The van der Waals surface area contributed by atoms with E-state index in [1.165, 1.54) is 7.11 Å². The summed E-state index contributed by atoms with van der Waals surface area (Å²) in [7, 11) is 1.41. The minimum Gasteiger partial charge on any atom is -0.480 e. The third-order valence-electron chi connectivity index (χ3n) is 1.73. The van der Waals surface area contributed by atoms with Crippen LogP contribution in [-0.4, -0.2) is 28.4 Å². The minimum absolute atomic E-state index is 0.229. The molecule has 0 aliphatic carbocycles. The van der Waals surface area contributed by atoms with Gasteiger partial charge in [0.25, 0.3) is 0 Å². The van der Waals surface area contributed by atoms with Crippen LogP contribution in [0.1, 0.15) is 17.3 Å². The Morgan fingerprint density at radius 3 is 2.85 bits per heavy atom. The van der Waals surface area contributed by atoms with Gasteiger partial charge in [-0.05, 0) is 6.92 Å². The van der Waals surface area contributed by atoms with Crippen molar-refractivity contribution in [3.63, 3.8) is 0 Å². The summed E-state index contributed by atoms with van der Waals surface area (Å²) in [6.07, 6.45) is 0. The summed E-state index contributed by atoms with van der Waals surface area (Å²) >= 11 is 0. The fraction of sp³-hybridized carbons (Fsp3) is 0.429. The number of rotatable bonds is 3. The maximum absolute atomic E-state index is 10.6. The molecule has 0 bridgehead atoms. The van der Waals surface area contributed by atoms with Crippen LogP contribution in [0.15, 0.2) is 0 Å². The molecule has 0 aliphatic heterocycles. The molecule has 0 saturated carbocycles. The number of methoxy groups -OCH3 is 1. The van der Waals surface area contributed by atoms with Crippen molar-refractivity contribution in [2.24, 2.45) is 5.73 Å². The van der Waals surface area contributed by atoms with E-state index >= 15 is 0 Å². The SMILES string of the molecule is COc1n[nH]c(C)c1C(N)C(=O)O. The number of aromatic amines is 1. The van der Waals surface area contributed by atoms with Crippen LogP contribution in [0.2, 0.25) is 0 Å². The number of nitrogens with zero attached hydrogens (tertiary/aromatic N) is 1. The highest BCUT2D eigenvalue weighted by molar-refractivity contribution is 5.76. The van der Waals surface area contributed by atoms with Crippen LogP contribution in [0, 0.1) is 6.92 Å². The summed E-state index contributed by atoms with van der Waals surface area (Å²) in [6, 6.07) is -1.10. The van der Waals surface area contributed by atoms with E-state index in [1.807, 2.05) is 0 Å². The molecule has 0 saturated heterocycles. The number of nitrogens with one attached hydrogen (secondary N) is 1. The number of aromatic nitrogens is 2. The van der Waals surface area contributed by atoms with Gasteiger partial charge in [-0.15, -0.1) is 5.10 Å². The summed E-state index contributed by atoms with van der Waals surface area (Å²) < 4.78 is 4.85. The molecule has 6 nitrogen and oxygen atoms in total. The lowest BCUT2D eigenvalue weighted by Gasteiger charge is -2.06. The number of aryl methyl sites for hydroxylation is 1. The van der Waals surface area contributed by atoms with Crippen molar-refractivity contribution in [2.45, 2.75) is 13.0 Å². The maximum Gasteiger partial charge on any atom is 0.325 e. The molecule has 6 heteroatoms. The standard InChI is InChI=1S/C7H11N3O3/c1-3-4(5(8)7(11)12)6(13-2)10-9-3/h5H,8H2,1-2H3,(H,9,10)(H,11,12). The van der Waals surface area contributed by atoms with E-state index in [0.29, 0.717) is 11.3 Å². The minimum atomic E-state index is -1.11. The molecule has 13 heavy (non-hydrogen) atoms. The van der Waals surface area contributed by atoms with E-state index in [1.54, 1.807) is 6.92 Å². The zero-order valence-electron chi connectivity index (χ0n) is 7.37. The molecule has 1 unspecified atom stereocenters. The van der Waals surface area contributed by atoms with E-state index in [4.69, 9.17) is 15.6 Å². The molecule has 1 heterocycles. The molecule has 1 atom stereocenters. The van der Waals surface area contributed by atoms with Gasteiger partial charge < -0.3 is 15.6 Å². The summed E-state index contributed by atoms with van der Waals surface area (Å²) in [4.78, 5) is 10.6. The number of ether oxygens (including phenoxy) is 1. The lowest BCUT2D eigenvalue weighted by molar-refractivity contribution is -0.138. The van der Waals surface area contributed by atoms with Gasteiger partial charge in [-0.25, -0.2) is 0 Å². The van der Waals surface area contributed by atoms with Crippen LogP contribution >= 0.6 is 0 Å². The largest absolute Gasteiger partial charge is 0.480 e. The Hall–Kier alpha value is -1.56. The summed E-state index contributed by atoms with van der Waals surface area (Å²) in [5.41, 5.74) is 6.41. The smallest absolute Gasteiger partial charge is 0.325 e. The van der Waals surface area contributed by atoms with Gasteiger partial charge >= 0.3 is 5.97 Å². The number of hydrogen-bond donors (Lipinski definition) is 3. The molecule has 0 aromatic carbocycles. The Labute approximate surface area is 74.7 Å².